The van der Waals surface area contributed by atoms with Gasteiger partial charge in [-0.1, -0.05) is 24.8 Å². The number of aryl methyl sites for hydroxylation is 1. The van der Waals surface area contributed by atoms with Crippen LogP contribution in [-0.4, -0.2) is 22.1 Å². The van der Waals surface area contributed by atoms with Gasteiger partial charge in [0.2, 0.25) is 0 Å². The molecule has 5 nitrogen and oxygen atoms in total. The molecule has 0 radical (unpaired) electrons. The molecule has 0 bridgehead atoms. The lowest BCUT2D eigenvalue weighted by Crippen LogP contribution is -2.16. The molecule has 3 rings (SSSR count). The summed E-state index contributed by atoms with van der Waals surface area (Å²) in [6, 6.07) is 5.58. The van der Waals surface area contributed by atoms with Crippen LogP contribution in [0.1, 0.15) is 31.8 Å². The number of rotatable bonds is 6. The molecule has 0 atom stereocenters. The van der Waals surface area contributed by atoms with E-state index in [0.29, 0.717) is 17.4 Å². The number of para-hydroxylation sites is 1. The molecule has 1 heterocycles. The van der Waals surface area contributed by atoms with E-state index in [4.69, 9.17) is 0 Å². The summed E-state index contributed by atoms with van der Waals surface area (Å²) >= 11 is 0.713. The molecular formula is C22H15F4NO4S. The van der Waals surface area contributed by atoms with Gasteiger partial charge < -0.3 is 15.5 Å². The number of carbonyl (C=O) groups is 2. The summed E-state index contributed by atoms with van der Waals surface area (Å²) in [4.78, 5) is 24.5. The van der Waals surface area contributed by atoms with E-state index in [9.17, 15) is 37.4 Å². The molecule has 1 aromatic heterocycles. The Labute approximate surface area is 183 Å². The quantitative estimate of drug-likeness (QED) is 0.311. The van der Waals surface area contributed by atoms with Crippen LogP contribution in [0, 0.1) is 18.6 Å². The summed E-state index contributed by atoms with van der Waals surface area (Å²) in [6.45, 7) is 4.33. The lowest BCUT2D eigenvalue weighted by molar-refractivity contribution is 0.0497. The van der Waals surface area contributed by atoms with Crippen molar-refractivity contribution in [1.29, 1.82) is 0 Å². The molecule has 0 aliphatic heterocycles. The van der Waals surface area contributed by atoms with Crippen LogP contribution >= 0.6 is 11.3 Å². The van der Waals surface area contributed by atoms with Crippen molar-refractivity contribution in [2.45, 2.75) is 12.8 Å². The molecule has 10 heteroatoms. The second kappa shape index (κ2) is 8.46. The maximum Gasteiger partial charge on any atom is 0.339 e. The monoisotopic (exact) mass is 465 g/mol. The van der Waals surface area contributed by atoms with Crippen LogP contribution in [0.2, 0.25) is 0 Å². The average Bonchev–Trinajstić information content (AvgIpc) is 3.15. The average molecular weight is 465 g/mol. The van der Waals surface area contributed by atoms with Crippen LogP contribution in [0.25, 0.3) is 11.1 Å². The number of amides is 1. The number of carboxylic acid groups (broad SMARTS) is 1. The van der Waals surface area contributed by atoms with Crippen LogP contribution in [0.4, 0.5) is 22.6 Å². The highest BCUT2D eigenvalue weighted by Crippen LogP contribution is 2.40. The van der Waals surface area contributed by atoms with Crippen molar-refractivity contribution >= 4 is 28.2 Å². The summed E-state index contributed by atoms with van der Waals surface area (Å²) in [6.07, 6.45) is 0.299. The summed E-state index contributed by atoms with van der Waals surface area (Å²) in [5, 5.41) is 23.0. The fourth-order valence-electron chi connectivity index (χ4n) is 2.99. The highest BCUT2D eigenvalue weighted by molar-refractivity contribution is 7.15. The Morgan fingerprint density at radius 2 is 1.81 bits per heavy atom. The Balaban J connectivity index is 2.04. The van der Waals surface area contributed by atoms with Gasteiger partial charge in [-0.2, -0.15) is 8.78 Å². The molecule has 0 unspecified atom stereocenters. The predicted molar refractivity (Wildman–Crippen MR) is 112 cm³/mol. The van der Waals surface area contributed by atoms with E-state index in [1.54, 1.807) is 0 Å². The number of benzene rings is 2. The molecule has 0 saturated carbocycles. The van der Waals surface area contributed by atoms with Gasteiger partial charge in [0.1, 0.15) is 16.3 Å². The van der Waals surface area contributed by atoms with Crippen LogP contribution in [0.3, 0.4) is 0 Å². The van der Waals surface area contributed by atoms with E-state index in [1.165, 1.54) is 24.4 Å². The number of carbonyl (C=O) groups excluding carboxylic acids is 1. The number of nitrogens with one attached hydrogen (secondary N) is 1. The van der Waals surface area contributed by atoms with Crippen molar-refractivity contribution in [3.8, 4) is 16.9 Å². The molecule has 166 valence electrons. The van der Waals surface area contributed by atoms with Gasteiger partial charge in [0.25, 0.3) is 11.8 Å². The first-order valence-corrected chi connectivity index (χ1v) is 9.82. The number of thiophene rings is 1. The third-order valence-corrected chi connectivity index (χ3v) is 5.59. The highest BCUT2D eigenvalue weighted by Gasteiger charge is 2.33. The van der Waals surface area contributed by atoms with Gasteiger partial charge in [0, 0.05) is 16.5 Å². The van der Waals surface area contributed by atoms with Crippen molar-refractivity contribution < 1.29 is 37.4 Å². The number of anilines is 1. The first-order chi connectivity index (χ1) is 15.0. The standard InChI is InChI=1S/C22H15F4NO4S/c1-3-22(25,26)14-6-4-5-12(18(14)28)19(29)27-20-15(21(30)31)13(9-32-20)11-8-7-10(2)16(23)17(11)24/h3-9,28H,1H2,2H3,(H,27,29)(H,30,31). The van der Waals surface area contributed by atoms with E-state index >= 15 is 0 Å². The minimum atomic E-state index is -3.62. The lowest BCUT2D eigenvalue weighted by Gasteiger charge is -2.15. The zero-order chi connectivity index (χ0) is 23.8. The zero-order valence-electron chi connectivity index (χ0n) is 16.4. The van der Waals surface area contributed by atoms with Gasteiger partial charge in [-0.05, 0) is 30.7 Å². The maximum atomic E-state index is 14.4. The molecule has 0 aliphatic rings. The van der Waals surface area contributed by atoms with Crippen LogP contribution in [-0.2, 0) is 5.92 Å². The van der Waals surface area contributed by atoms with Gasteiger partial charge in [0.05, 0.1) is 11.1 Å². The van der Waals surface area contributed by atoms with Gasteiger partial charge in [-0.25, -0.2) is 13.6 Å². The molecular weight excluding hydrogens is 450 g/mol. The highest BCUT2D eigenvalue weighted by atomic mass is 32.1. The maximum absolute atomic E-state index is 14.4. The first-order valence-electron chi connectivity index (χ1n) is 8.94. The number of hydrogen-bond donors (Lipinski definition) is 3. The lowest BCUT2D eigenvalue weighted by atomic mass is 10.0. The number of allylic oxidation sites excluding steroid dienone is 1. The first kappa shape index (κ1) is 23.0. The van der Waals surface area contributed by atoms with Crippen molar-refractivity contribution in [3.63, 3.8) is 0 Å². The third-order valence-electron chi connectivity index (χ3n) is 4.69. The Bertz CT molecular complexity index is 1250. The minimum Gasteiger partial charge on any atom is -0.507 e. The fourth-order valence-corrected chi connectivity index (χ4v) is 3.94. The van der Waals surface area contributed by atoms with E-state index in [-0.39, 0.29) is 21.7 Å². The zero-order valence-corrected chi connectivity index (χ0v) is 17.2. The molecule has 0 spiro atoms. The summed E-state index contributed by atoms with van der Waals surface area (Å²) < 4.78 is 56.2. The van der Waals surface area contributed by atoms with Crippen molar-refractivity contribution in [1.82, 2.24) is 0 Å². The minimum absolute atomic E-state index is 0.0264. The number of phenols is 1. The number of carboxylic acids is 1. The topological polar surface area (TPSA) is 86.6 Å². The van der Waals surface area contributed by atoms with E-state index in [0.717, 1.165) is 18.2 Å². The van der Waals surface area contributed by atoms with E-state index in [2.05, 4.69) is 11.9 Å². The molecule has 2 aromatic carbocycles. The van der Waals surface area contributed by atoms with Crippen molar-refractivity contribution in [2.75, 3.05) is 5.32 Å². The van der Waals surface area contributed by atoms with Gasteiger partial charge in [-0.15, -0.1) is 11.3 Å². The molecule has 0 saturated heterocycles. The largest absolute Gasteiger partial charge is 0.507 e. The van der Waals surface area contributed by atoms with Crippen LogP contribution in [0.15, 0.2) is 48.4 Å². The third kappa shape index (κ3) is 3.96. The van der Waals surface area contributed by atoms with Crippen molar-refractivity contribution in [2.24, 2.45) is 0 Å². The molecule has 3 N–H and O–H groups in total. The van der Waals surface area contributed by atoms with Gasteiger partial charge >= 0.3 is 5.97 Å². The summed E-state index contributed by atoms with van der Waals surface area (Å²) in [5.74, 6) is -9.62. The SMILES string of the molecule is C=CC(F)(F)c1cccc(C(=O)Nc2scc(-c3ccc(C)c(F)c3F)c2C(=O)O)c1O. The smallest absolute Gasteiger partial charge is 0.339 e. The Morgan fingerprint density at radius 1 is 1.12 bits per heavy atom. The van der Waals surface area contributed by atoms with E-state index < -0.39 is 51.9 Å². The second-order valence-electron chi connectivity index (χ2n) is 6.70. The number of hydrogen-bond acceptors (Lipinski definition) is 4. The molecule has 1 amide bonds. The number of phenolic OH excluding ortho intramolecular Hbond substituents is 1. The molecule has 0 fully saturated rings. The fraction of sp³-hybridized carbons (Fsp3) is 0.0909. The van der Waals surface area contributed by atoms with Crippen LogP contribution < -0.4 is 5.32 Å². The number of aromatic hydroxyl groups is 1. The second-order valence-corrected chi connectivity index (χ2v) is 7.58. The van der Waals surface area contributed by atoms with E-state index in [1.807, 2.05) is 0 Å². The van der Waals surface area contributed by atoms with Gasteiger partial charge in [0.15, 0.2) is 11.6 Å². The Hall–Kier alpha value is -3.66. The normalized spacial score (nSPS) is 11.3. The molecule has 3 aromatic rings. The molecule has 32 heavy (non-hydrogen) atoms. The van der Waals surface area contributed by atoms with Crippen molar-refractivity contribution in [3.05, 3.63) is 82.3 Å². The van der Waals surface area contributed by atoms with Crippen LogP contribution in [0.5, 0.6) is 5.75 Å². The number of aromatic carboxylic acids is 1. The number of halogens is 4. The Morgan fingerprint density at radius 3 is 2.44 bits per heavy atom. The molecule has 0 aliphatic carbocycles. The number of alkyl halides is 2. The summed E-state index contributed by atoms with van der Waals surface area (Å²) in [7, 11) is 0. The van der Waals surface area contributed by atoms with Gasteiger partial charge in [-0.3, -0.25) is 4.79 Å². The summed E-state index contributed by atoms with van der Waals surface area (Å²) in [5.41, 5.74) is -2.38. The Kier molecular flexibility index (Phi) is 6.09. The predicted octanol–water partition coefficient (Wildman–Crippen LogP) is 5.94.